The van der Waals surface area contributed by atoms with Crippen LogP contribution in [0.4, 0.5) is 0 Å². The van der Waals surface area contributed by atoms with Gasteiger partial charge in [-0.15, -0.1) is 0 Å². The second kappa shape index (κ2) is 6.87. The first-order chi connectivity index (χ1) is 9.97. The summed E-state index contributed by atoms with van der Waals surface area (Å²) in [6.45, 7) is 8.89. The van der Waals surface area contributed by atoms with E-state index in [1.165, 1.54) is 4.31 Å². The van der Waals surface area contributed by atoms with Crippen LogP contribution >= 0.6 is 0 Å². The van der Waals surface area contributed by atoms with Gasteiger partial charge in [0, 0.05) is 45.5 Å². The Bertz CT molecular complexity index is 549. The van der Waals surface area contributed by atoms with Crippen molar-refractivity contribution >= 4 is 10.0 Å². The van der Waals surface area contributed by atoms with Crippen molar-refractivity contribution < 1.29 is 8.42 Å². The van der Waals surface area contributed by atoms with Crippen molar-refractivity contribution in [1.82, 2.24) is 18.8 Å². The standard InChI is InChI=1S/C13H25N5O2S/c1-3-16-10-13(15-11-16)21(19,20)18-6-4-17(5-7-18)9-12(2)8-14/h10-12H,3-9,14H2,1-2H3. The van der Waals surface area contributed by atoms with Crippen LogP contribution in [0.5, 0.6) is 0 Å². The minimum atomic E-state index is -3.46. The molecule has 2 N–H and O–H groups in total. The molecule has 21 heavy (non-hydrogen) atoms. The summed E-state index contributed by atoms with van der Waals surface area (Å²) in [5, 5.41) is 0.146. The molecule has 0 saturated carbocycles. The first-order valence-electron chi connectivity index (χ1n) is 7.41. The van der Waals surface area contributed by atoms with Gasteiger partial charge in [-0.3, -0.25) is 0 Å². The zero-order valence-corrected chi connectivity index (χ0v) is 13.6. The molecule has 1 unspecified atom stereocenters. The molecule has 2 rings (SSSR count). The molecule has 0 aromatic carbocycles. The fourth-order valence-electron chi connectivity index (χ4n) is 2.45. The molecule has 7 nitrogen and oxygen atoms in total. The maximum Gasteiger partial charge on any atom is 0.262 e. The Morgan fingerprint density at radius 3 is 2.52 bits per heavy atom. The van der Waals surface area contributed by atoms with Crippen LogP contribution in [0.1, 0.15) is 13.8 Å². The van der Waals surface area contributed by atoms with Crippen molar-refractivity contribution in [2.45, 2.75) is 25.4 Å². The van der Waals surface area contributed by atoms with Crippen molar-refractivity contribution in [3.8, 4) is 0 Å². The fraction of sp³-hybridized carbons (Fsp3) is 0.769. The summed E-state index contributed by atoms with van der Waals surface area (Å²) in [6, 6.07) is 0. The zero-order valence-electron chi connectivity index (χ0n) is 12.8. The van der Waals surface area contributed by atoms with Gasteiger partial charge in [-0.2, -0.15) is 4.31 Å². The third kappa shape index (κ3) is 3.82. The monoisotopic (exact) mass is 315 g/mol. The highest BCUT2D eigenvalue weighted by Crippen LogP contribution is 2.16. The van der Waals surface area contributed by atoms with Crippen molar-refractivity contribution in [3.63, 3.8) is 0 Å². The van der Waals surface area contributed by atoms with Gasteiger partial charge in [-0.05, 0) is 19.4 Å². The van der Waals surface area contributed by atoms with Crippen LogP contribution in [0.25, 0.3) is 0 Å². The summed E-state index contributed by atoms with van der Waals surface area (Å²) >= 11 is 0. The van der Waals surface area contributed by atoms with E-state index in [2.05, 4.69) is 16.8 Å². The van der Waals surface area contributed by atoms with Gasteiger partial charge < -0.3 is 15.2 Å². The molecular weight excluding hydrogens is 290 g/mol. The summed E-state index contributed by atoms with van der Waals surface area (Å²) in [6.07, 6.45) is 3.16. The third-order valence-corrected chi connectivity index (χ3v) is 5.67. The lowest BCUT2D eigenvalue weighted by Gasteiger charge is -2.34. The molecule has 0 radical (unpaired) electrons. The number of hydrogen-bond donors (Lipinski definition) is 1. The molecule has 0 amide bonds. The average molecular weight is 315 g/mol. The number of aromatic nitrogens is 2. The number of nitrogens with two attached hydrogens (primary N) is 1. The van der Waals surface area contributed by atoms with Gasteiger partial charge in [0.1, 0.15) is 0 Å². The molecule has 2 heterocycles. The summed E-state index contributed by atoms with van der Waals surface area (Å²) in [5.41, 5.74) is 5.63. The molecular formula is C13H25N5O2S. The Labute approximate surface area is 126 Å². The maximum atomic E-state index is 12.5. The second-order valence-electron chi connectivity index (χ2n) is 5.59. The lowest BCUT2D eigenvalue weighted by molar-refractivity contribution is 0.169. The van der Waals surface area contributed by atoms with Crippen LogP contribution in [0, 0.1) is 5.92 Å². The molecule has 0 aliphatic carbocycles. The van der Waals surface area contributed by atoms with E-state index in [9.17, 15) is 8.42 Å². The van der Waals surface area contributed by atoms with Gasteiger partial charge in [0.05, 0.1) is 6.33 Å². The van der Waals surface area contributed by atoms with E-state index in [1.54, 1.807) is 17.1 Å². The fourth-order valence-corrected chi connectivity index (χ4v) is 3.80. The summed E-state index contributed by atoms with van der Waals surface area (Å²) < 4.78 is 28.3. The van der Waals surface area contributed by atoms with Gasteiger partial charge >= 0.3 is 0 Å². The smallest absolute Gasteiger partial charge is 0.262 e. The van der Waals surface area contributed by atoms with Crippen molar-refractivity contribution in [2.75, 3.05) is 39.3 Å². The highest BCUT2D eigenvalue weighted by atomic mass is 32.2. The zero-order chi connectivity index (χ0) is 15.5. The summed E-state index contributed by atoms with van der Waals surface area (Å²) in [7, 11) is -3.46. The van der Waals surface area contributed by atoms with E-state index in [1.807, 2.05) is 6.92 Å². The highest BCUT2D eigenvalue weighted by Gasteiger charge is 2.30. The van der Waals surface area contributed by atoms with E-state index in [0.717, 1.165) is 19.6 Å². The lowest BCUT2D eigenvalue weighted by atomic mass is 10.1. The van der Waals surface area contributed by atoms with Gasteiger partial charge in [0.2, 0.25) is 0 Å². The number of hydrogen-bond acceptors (Lipinski definition) is 5. The largest absolute Gasteiger partial charge is 0.336 e. The number of aryl methyl sites for hydroxylation is 1. The number of sulfonamides is 1. The van der Waals surface area contributed by atoms with Gasteiger partial charge in [0.25, 0.3) is 10.0 Å². The number of imidazole rings is 1. The van der Waals surface area contributed by atoms with E-state index < -0.39 is 10.0 Å². The molecule has 1 fully saturated rings. The van der Waals surface area contributed by atoms with E-state index in [-0.39, 0.29) is 5.03 Å². The third-order valence-electron chi connectivity index (χ3n) is 3.88. The summed E-state index contributed by atoms with van der Waals surface area (Å²) in [4.78, 5) is 6.29. The topological polar surface area (TPSA) is 84.5 Å². The van der Waals surface area contributed by atoms with Crippen LogP contribution in [0.3, 0.4) is 0 Å². The number of piperazine rings is 1. The Kier molecular flexibility index (Phi) is 5.37. The first-order valence-corrected chi connectivity index (χ1v) is 8.85. The predicted molar refractivity (Wildman–Crippen MR) is 81.3 cm³/mol. The Hall–Kier alpha value is -0.960. The van der Waals surface area contributed by atoms with Crippen molar-refractivity contribution in [1.29, 1.82) is 0 Å². The van der Waals surface area contributed by atoms with Crippen LogP contribution < -0.4 is 5.73 Å². The summed E-state index contributed by atoms with van der Waals surface area (Å²) in [5.74, 6) is 0.438. The predicted octanol–water partition coefficient (Wildman–Crippen LogP) is -0.196. The molecule has 8 heteroatoms. The average Bonchev–Trinajstić information content (AvgIpc) is 2.97. The SMILES string of the molecule is CCn1cnc(S(=O)(=O)N2CCN(CC(C)CN)CC2)c1. The van der Waals surface area contributed by atoms with Crippen LogP contribution in [0.15, 0.2) is 17.6 Å². The van der Waals surface area contributed by atoms with E-state index >= 15 is 0 Å². The van der Waals surface area contributed by atoms with Crippen LogP contribution in [-0.2, 0) is 16.6 Å². The van der Waals surface area contributed by atoms with E-state index in [0.29, 0.717) is 32.1 Å². The molecule has 120 valence electrons. The molecule has 1 aliphatic heterocycles. The minimum absolute atomic E-state index is 0.146. The van der Waals surface area contributed by atoms with Gasteiger partial charge in [-0.25, -0.2) is 13.4 Å². The maximum absolute atomic E-state index is 12.5. The molecule has 1 atom stereocenters. The van der Waals surface area contributed by atoms with Crippen molar-refractivity contribution in [2.24, 2.45) is 11.7 Å². The lowest BCUT2D eigenvalue weighted by Crippen LogP contribution is -2.50. The van der Waals surface area contributed by atoms with Crippen LogP contribution in [0.2, 0.25) is 0 Å². The normalized spacial score (nSPS) is 19.8. The molecule has 1 aliphatic rings. The number of nitrogens with zero attached hydrogens (tertiary/aromatic N) is 4. The molecule has 0 bridgehead atoms. The molecule has 1 aromatic rings. The first kappa shape index (κ1) is 16.4. The van der Waals surface area contributed by atoms with Gasteiger partial charge in [-0.1, -0.05) is 6.92 Å². The molecule has 1 saturated heterocycles. The quantitative estimate of drug-likeness (QED) is 0.786. The minimum Gasteiger partial charge on any atom is -0.336 e. The molecule has 0 spiro atoms. The highest BCUT2D eigenvalue weighted by molar-refractivity contribution is 7.89. The van der Waals surface area contributed by atoms with Crippen LogP contribution in [-0.4, -0.2) is 66.4 Å². The van der Waals surface area contributed by atoms with Gasteiger partial charge in [0.15, 0.2) is 5.03 Å². The Balaban J connectivity index is 1.97. The Morgan fingerprint density at radius 1 is 1.33 bits per heavy atom. The second-order valence-corrected chi connectivity index (χ2v) is 7.47. The Morgan fingerprint density at radius 2 is 2.00 bits per heavy atom. The number of rotatable bonds is 6. The van der Waals surface area contributed by atoms with Crippen molar-refractivity contribution in [3.05, 3.63) is 12.5 Å². The van der Waals surface area contributed by atoms with E-state index in [4.69, 9.17) is 5.73 Å². The molecule has 1 aromatic heterocycles.